The maximum Gasteiger partial charge on any atom is 0.165 e. The maximum absolute atomic E-state index is 5.71. The molecule has 11 rings (SSSR count). The van der Waals surface area contributed by atoms with Crippen molar-refractivity contribution in [3.63, 3.8) is 0 Å². The number of nitrogens with zero attached hydrogens (tertiary/aromatic N) is 3. The minimum Gasteiger partial charge on any atom is -0.291 e. The number of aromatic nitrogens is 3. The minimum absolute atomic E-state index is 0.273. The molecule has 0 bridgehead atoms. The molecule has 2 heterocycles. The Labute approximate surface area is 289 Å². The highest BCUT2D eigenvalue weighted by atomic mass is 15.1. The smallest absolute Gasteiger partial charge is 0.165 e. The molecule has 1 aliphatic carbocycles. The zero-order valence-corrected chi connectivity index (χ0v) is 27.8. The van der Waals surface area contributed by atoms with E-state index in [2.05, 4.69) is 170 Å². The Bertz CT molecular complexity index is 3020. The quantitative estimate of drug-likeness (QED) is 0.177. The lowest BCUT2D eigenvalue weighted by Gasteiger charge is -2.21. The molecule has 1 aliphatic rings. The van der Waals surface area contributed by atoms with Gasteiger partial charge in [0.15, 0.2) is 5.82 Å². The van der Waals surface area contributed by atoms with Gasteiger partial charge in [-0.3, -0.25) is 4.57 Å². The van der Waals surface area contributed by atoms with Crippen LogP contribution in [0.1, 0.15) is 25.1 Å². The Balaban J connectivity index is 1.39. The fraction of sp³-hybridized carbons (Fsp3) is 0.0638. The van der Waals surface area contributed by atoms with Crippen LogP contribution in [0.25, 0.3) is 93.2 Å². The van der Waals surface area contributed by atoms with Crippen LogP contribution in [0.5, 0.6) is 0 Å². The largest absolute Gasteiger partial charge is 0.291 e. The van der Waals surface area contributed by atoms with E-state index >= 15 is 0 Å². The summed E-state index contributed by atoms with van der Waals surface area (Å²) in [4.78, 5) is 11.3. The number of rotatable bonds is 2. The monoisotopic (exact) mass is 637 g/mol. The Morgan fingerprint density at radius 1 is 0.460 bits per heavy atom. The summed E-state index contributed by atoms with van der Waals surface area (Å²) in [5.74, 6) is 0.850. The lowest BCUT2D eigenvalue weighted by Crippen LogP contribution is -2.18. The van der Waals surface area contributed by atoms with Gasteiger partial charge >= 0.3 is 0 Å². The topological polar surface area (TPSA) is 30.7 Å². The zero-order valence-electron chi connectivity index (χ0n) is 27.8. The van der Waals surface area contributed by atoms with Crippen molar-refractivity contribution in [3.8, 4) is 28.3 Å². The Morgan fingerprint density at radius 2 is 1.06 bits per heavy atom. The van der Waals surface area contributed by atoms with Gasteiger partial charge in [0.25, 0.3) is 0 Å². The molecular weight excluding hydrogens is 607 g/mol. The van der Waals surface area contributed by atoms with Crippen molar-refractivity contribution in [2.75, 3.05) is 0 Å². The summed E-state index contributed by atoms with van der Waals surface area (Å²) < 4.78 is 2.42. The highest BCUT2D eigenvalue weighted by Crippen LogP contribution is 2.50. The fourth-order valence-electron chi connectivity index (χ4n) is 8.84. The number of benzene rings is 8. The van der Waals surface area contributed by atoms with Gasteiger partial charge in [0.05, 0.1) is 22.4 Å². The average Bonchev–Trinajstić information content (AvgIpc) is 3.63. The summed E-state index contributed by atoms with van der Waals surface area (Å²) in [6.45, 7) is 4.55. The van der Waals surface area contributed by atoms with E-state index in [4.69, 9.17) is 9.97 Å². The summed E-state index contributed by atoms with van der Waals surface area (Å²) in [5.41, 5.74) is 8.36. The van der Waals surface area contributed by atoms with Gasteiger partial charge in [-0.1, -0.05) is 159 Å². The standard InChI is InChI=1S/C47H31N3/c1-47(2)38-23-13-12-22-36(38)43-45(47)48-42(29-15-4-3-5-16-29)46(49-43)50-39-27-26-35-33-20-9-8-18-31(33)32-19-10-11-21-34(32)40(35)41(39)37-25-24-28-14-6-7-17-30(28)44(37)50/h3-27H,1-2H3. The van der Waals surface area contributed by atoms with E-state index in [-0.39, 0.29) is 5.41 Å². The molecular formula is C47H31N3. The molecule has 0 aliphatic heterocycles. The van der Waals surface area contributed by atoms with Gasteiger partial charge in [0.1, 0.15) is 5.69 Å². The van der Waals surface area contributed by atoms with Crippen molar-refractivity contribution >= 4 is 64.9 Å². The normalized spacial score (nSPS) is 13.6. The molecule has 0 radical (unpaired) electrons. The molecule has 8 aromatic carbocycles. The molecule has 3 heteroatoms. The molecule has 3 nitrogen and oxygen atoms in total. The third-order valence-electron chi connectivity index (χ3n) is 11.1. The lowest BCUT2D eigenvalue weighted by molar-refractivity contribution is 0.635. The van der Waals surface area contributed by atoms with Gasteiger partial charge in [-0.15, -0.1) is 0 Å². The first-order chi connectivity index (χ1) is 24.6. The SMILES string of the molecule is CC1(C)c2ccccc2-c2nc(-n3c4ccc5c6ccccc6c6ccccc6c5c4c4ccc5ccccc5c43)c(-c3ccccc3)nc21. The van der Waals surface area contributed by atoms with Gasteiger partial charge in [-0.05, 0) is 43.9 Å². The molecule has 0 saturated carbocycles. The van der Waals surface area contributed by atoms with E-state index < -0.39 is 0 Å². The van der Waals surface area contributed by atoms with E-state index in [1.54, 1.807) is 0 Å². The molecule has 0 saturated heterocycles. The van der Waals surface area contributed by atoms with Gasteiger partial charge in [0.2, 0.25) is 0 Å². The number of hydrogen-bond acceptors (Lipinski definition) is 2. The van der Waals surface area contributed by atoms with Crippen LogP contribution in [0.3, 0.4) is 0 Å². The van der Waals surface area contributed by atoms with Crippen LogP contribution in [0.4, 0.5) is 0 Å². The first-order valence-corrected chi connectivity index (χ1v) is 17.4. The van der Waals surface area contributed by atoms with Crippen LogP contribution in [-0.4, -0.2) is 14.5 Å². The number of fused-ring (bicyclic) bond motifs is 15. The van der Waals surface area contributed by atoms with Crippen molar-refractivity contribution in [2.24, 2.45) is 0 Å². The van der Waals surface area contributed by atoms with Crippen LogP contribution in [0.2, 0.25) is 0 Å². The van der Waals surface area contributed by atoms with E-state index in [1.807, 2.05) is 0 Å². The average molecular weight is 638 g/mol. The first kappa shape index (κ1) is 27.6. The Morgan fingerprint density at radius 3 is 1.84 bits per heavy atom. The van der Waals surface area contributed by atoms with Crippen LogP contribution in [0, 0.1) is 0 Å². The lowest BCUT2D eigenvalue weighted by atomic mass is 9.85. The molecule has 234 valence electrons. The predicted octanol–water partition coefficient (Wildman–Crippen LogP) is 12.2. The molecule has 0 N–H and O–H groups in total. The molecule has 2 aromatic heterocycles. The third-order valence-corrected chi connectivity index (χ3v) is 11.1. The highest BCUT2D eigenvalue weighted by Gasteiger charge is 2.39. The van der Waals surface area contributed by atoms with Gasteiger partial charge in [-0.25, -0.2) is 9.97 Å². The van der Waals surface area contributed by atoms with Gasteiger partial charge < -0.3 is 0 Å². The van der Waals surface area contributed by atoms with Crippen molar-refractivity contribution in [3.05, 3.63) is 163 Å². The molecule has 0 spiro atoms. The summed E-state index contributed by atoms with van der Waals surface area (Å²) in [6.07, 6.45) is 0. The molecule has 10 aromatic rings. The summed E-state index contributed by atoms with van der Waals surface area (Å²) in [7, 11) is 0. The third kappa shape index (κ3) is 3.54. The highest BCUT2D eigenvalue weighted by molar-refractivity contribution is 6.36. The van der Waals surface area contributed by atoms with Crippen molar-refractivity contribution in [1.29, 1.82) is 0 Å². The second-order valence-electron chi connectivity index (χ2n) is 14.1. The summed E-state index contributed by atoms with van der Waals surface area (Å²) in [5, 5.41) is 12.5. The second kappa shape index (κ2) is 9.87. The Hall–Kier alpha value is -6.32. The van der Waals surface area contributed by atoms with E-state index in [0.29, 0.717) is 0 Å². The van der Waals surface area contributed by atoms with Gasteiger partial charge in [0, 0.05) is 38.1 Å². The predicted molar refractivity (Wildman–Crippen MR) is 209 cm³/mol. The molecule has 0 fully saturated rings. The summed E-state index contributed by atoms with van der Waals surface area (Å²) in [6, 6.07) is 54.9. The fourth-order valence-corrected chi connectivity index (χ4v) is 8.84. The van der Waals surface area contributed by atoms with Crippen LogP contribution in [-0.2, 0) is 5.41 Å². The molecule has 0 amide bonds. The molecule has 0 atom stereocenters. The first-order valence-electron chi connectivity index (χ1n) is 17.4. The van der Waals surface area contributed by atoms with Crippen LogP contribution >= 0.6 is 0 Å². The van der Waals surface area contributed by atoms with Gasteiger partial charge in [-0.2, -0.15) is 0 Å². The molecule has 0 unspecified atom stereocenters. The summed E-state index contributed by atoms with van der Waals surface area (Å²) >= 11 is 0. The second-order valence-corrected chi connectivity index (χ2v) is 14.1. The zero-order chi connectivity index (χ0) is 33.1. The Kier molecular flexibility index (Phi) is 5.45. The number of hydrogen-bond donors (Lipinski definition) is 0. The minimum atomic E-state index is -0.273. The van der Waals surface area contributed by atoms with E-state index in [1.165, 1.54) is 59.4 Å². The van der Waals surface area contributed by atoms with Crippen LogP contribution in [0.15, 0.2) is 152 Å². The molecule has 50 heavy (non-hydrogen) atoms. The van der Waals surface area contributed by atoms with Crippen molar-refractivity contribution in [2.45, 2.75) is 19.3 Å². The van der Waals surface area contributed by atoms with Crippen molar-refractivity contribution < 1.29 is 0 Å². The van der Waals surface area contributed by atoms with Crippen LogP contribution < -0.4 is 0 Å². The van der Waals surface area contributed by atoms with Crippen molar-refractivity contribution in [1.82, 2.24) is 14.5 Å². The maximum atomic E-state index is 5.71. The van der Waals surface area contributed by atoms with E-state index in [9.17, 15) is 0 Å². The van der Waals surface area contributed by atoms with E-state index in [0.717, 1.165) is 45.1 Å².